The summed E-state index contributed by atoms with van der Waals surface area (Å²) in [5.74, 6) is 0.730. The maximum absolute atomic E-state index is 10.5. The molecule has 0 aliphatic heterocycles. The summed E-state index contributed by atoms with van der Waals surface area (Å²) in [5.41, 5.74) is 0. The standard InChI is InChI=1S/C6H11N5O/c1-5(12)7-4-3-6-8-9-10-11(6)2/h3-4H2,1-2H3,(H,7,12). The summed E-state index contributed by atoms with van der Waals surface area (Å²) in [6.07, 6.45) is 0.656. The van der Waals surface area contributed by atoms with Gasteiger partial charge in [0.05, 0.1) is 0 Å². The molecule has 12 heavy (non-hydrogen) atoms. The molecule has 0 saturated heterocycles. The van der Waals surface area contributed by atoms with Crippen LogP contribution in [-0.2, 0) is 18.3 Å². The Labute approximate surface area is 70.0 Å². The van der Waals surface area contributed by atoms with E-state index in [1.807, 2.05) is 0 Å². The number of hydrogen-bond acceptors (Lipinski definition) is 4. The van der Waals surface area contributed by atoms with E-state index in [9.17, 15) is 4.79 Å². The molecule has 0 aromatic carbocycles. The topological polar surface area (TPSA) is 72.7 Å². The quantitative estimate of drug-likeness (QED) is 0.622. The predicted molar refractivity (Wildman–Crippen MR) is 41.2 cm³/mol. The molecule has 6 nitrogen and oxygen atoms in total. The normalized spacial score (nSPS) is 9.83. The van der Waals surface area contributed by atoms with Crippen LogP contribution in [0, 0.1) is 0 Å². The number of hydrogen-bond donors (Lipinski definition) is 1. The lowest BCUT2D eigenvalue weighted by Gasteiger charge is -1.99. The molecule has 0 saturated carbocycles. The number of aromatic nitrogens is 4. The number of rotatable bonds is 3. The molecule has 0 aliphatic carbocycles. The van der Waals surface area contributed by atoms with E-state index >= 15 is 0 Å². The van der Waals surface area contributed by atoms with Crippen molar-refractivity contribution in [3.63, 3.8) is 0 Å². The second kappa shape index (κ2) is 3.80. The average molecular weight is 169 g/mol. The van der Waals surface area contributed by atoms with Crippen molar-refractivity contribution in [1.29, 1.82) is 0 Å². The Kier molecular flexibility index (Phi) is 2.73. The van der Waals surface area contributed by atoms with Crippen LogP contribution in [0.15, 0.2) is 0 Å². The summed E-state index contributed by atoms with van der Waals surface area (Å²) in [6, 6.07) is 0. The molecule has 0 atom stereocenters. The molecule has 6 heteroatoms. The number of nitrogens with zero attached hydrogens (tertiary/aromatic N) is 4. The summed E-state index contributed by atoms with van der Waals surface area (Å²) < 4.78 is 1.59. The van der Waals surface area contributed by atoms with Crippen molar-refractivity contribution < 1.29 is 4.79 Å². The maximum Gasteiger partial charge on any atom is 0.216 e. The average Bonchev–Trinajstić information content (AvgIpc) is 2.36. The summed E-state index contributed by atoms with van der Waals surface area (Å²) in [5, 5.41) is 13.6. The van der Waals surface area contributed by atoms with Crippen molar-refractivity contribution in [3.8, 4) is 0 Å². The molecule has 66 valence electrons. The molecule has 0 aliphatic rings. The zero-order valence-electron chi connectivity index (χ0n) is 7.11. The smallest absolute Gasteiger partial charge is 0.216 e. The molecule has 1 rings (SSSR count). The first kappa shape index (κ1) is 8.63. The lowest BCUT2D eigenvalue weighted by atomic mass is 10.4. The van der Waals surface area contributed by atoms with E-state index in [0.29, 0.717) is 13.0 Å². The Morgan fingerprint density at radius 3 is 2.92 bits per heavy atom. The Balaban J connectivity index is 2.33. The first-order chi connectivity index (χ1) is 5.70. The van der Waals surface area contributed by atoms with Gasteiger partial charge in [-0.3, -0.25) is 4.79 Å². The zero-order chi connectivity index (χ0) is 8.97. The number of carbonyl (C=O) groups is 1. The third-order valence-corrected chi connectivity index (χ3v) is 1.43. The van der Waals surface area contributed by atoms with Crippen molar-refractivity contribution in [3.05, 3.63) is 5.82 Å². The number of nitrogens with one attached hydrogen (secondary N) is 1. The van der Waals surface area contributed by atoms with Crippen molar-refractivity contribution in [1.82, 2.24) is 25.5 Å². The maximum atomic E-state index is 10.5. The number of aryl methyl sites for hydroxylation is 1. The third-order valence-electron chi connectivity index (χ3n) is 1.43. The molecular weight excluding hydrogens is 158 g/mol. The van der Waals surface area contributed by atoms with E-state index in [2.05, 4.69) is 20.8 Å². The molecule has 1 N–H and O–H groups in total. The van der Waals surface area contributed by atoms with Gasteiger partial charge in [0.2, 0.25) is 5.91 Å². The predicted octanol–water partition coefficient (Wildman–Crippen LogP) is -1.11. The largest absolute Gasteiger partial charge is 0.356 e. The van der Waals surface area contributed by atoms with E-state index < -0.39 is 0 Å². The van der Waals surface area contributed by atoms with Gasteiger partial charge in [0.15, 0.2) is 5.82 Å². The molecule has 0 bridgehead atoms. The highest BCUT2D eigenvalue weighted by Crippen LogP contribution is 1.87. The summed E-state index contributed by atoms with van der Waals surface area (Å²) >= 11 is 0. The van der Waals surface area contributed by atoms with Crippen molar-refractivity contribution in [2.45, 2.75) is 13.3 Å². The zero-order valence-corrected chi connectivity index (χ0v) is 7.11. The molecule has 1 heterocycles. The summed E-state index contributed by atoms with van der Waals surface area (Å²) in [4.78, 5) is 10.5. The Morgan fingerprint density at radius 2 is 2.42 bits per heavy atom. The minimum Gasteiger partial charge on any atom is -0.356 e. The summed E-state index contributed by atoms with van der Waals surface area (Å²) in [7, 11) is 1.77. The van der Waals surface area contributed by atoms with Crippen LogP contribution in [0.3, 0.4) is 0 Å². The number of carbonyl (C=O) groups excluding carboxylic acids is 1. The summed E-state index contributed by atoms with van der Waals surface area (Å²) in [6.45, 7) is 2.05. The van der Waals surface area contributed by atoms with Crippen LogP contribution in [-0.4, -0.2) is 32.7 Å². The van der Waals surface area contributed by atoms with Gasteiger partial charge in [-0.15, -0.1) is 5.10 Å². The van der Waals surface area contributed by atoms with Crippen LogP contribution < -0.4 is 5.32 Å². The van der Waals surface area contributed by atoms with E-state index in [1.54, 1.807) is 11.7 Å². The van der Waals surface area contributed by atoms with Crippen molar-refractivity contribution in [2.24, 2.45) is 7.05 Å². The van der Waals surface area contributed by atoms with E-state index in [4.69, 9.17) is 0 Å². The van der Waals surface area contributed by atoms with Crippen LogP contribution >= 0.6 is 0 Å². The lowest BCUT2D eigenvalue weighted by molar-refractivity contribution is -0.118. The molecule has 0 fully saturated rings. The van der Waals surface area contributed by atoms with Crippen LogP contribution in [0.2, 0.25) is 0 Å². The first-order valence-corrected chi connectivity index (χ1v) is 3.66. The van der Waals surface area contributed by atoms with E-state index in [-0.39, 0.29) is 5.91 Å². The molecule has 1 amide bonds. The fraction of sp³-hybridized carbons (Fsp3) is 0.667. The van der Waals surface area contributed by atoms with Gasteiger partial charge in [-0.05, 0) is 10.4 Å². The molecule has 0 unspecified atom stereocenters. The van der Waals surface area contributed by atoms with Crippen LogP contribution in [0.5, 0.6) is 0 Å². The number of tetrazole rings is 1. The lowest BCUT2D eigenvalue weighted by Crippen LogP contribution is -2.23. The fourth-order valence-corrected chi connectivity index (χ4v) is 0.810. The Hall–Kier alpha value is -1.46. The van der Waals surface area contributed by atoms with E-state index in [0.717, 1.165) is 5.82 Å². The minimum absolute atomic E-state index is 0.0369. The van der Waals surface area contributed by atoms with Crippen LogP contribution in [0.1, 0.15) is 12.7 Å². The Bertz CT molecular complexity index is 269. The third kappa shape index (κ3) is 2.30. The second-order valence-electron chi connectivity index (χ2n) is 2.45. The van der Waals surface area contributed by atoms with Gasteiger partial charge in [0.25, 0.3) is 0 Å². The van der Waals surface area contributed by atoms with Crippen LogP contribution in [0.4, 0.5) is 0 Å². The molecule has 1 aromatic heterocycles. The Morgan fingerprint density at radius 1 is 1.67 bits per heavy atom. The van der Waals surface area contributed by atoms with Crippen LogP contribution in [0.25, 0.3) is 0 Å². The first-order valence-electron chi connectivity index (χ1n) is 3.66. The number of amides is 1. The molecule has 1 aromatic rings. The van der Waals surface area contributed by atoms with Gasteiger partial charge in [0.1, 0.15) is 0 Å². The van der Waals surface area contributed by atoms with E-state index in [1.165, 1.54) is 6.92 Å². The second-order valence-corrected chi connectivity index (χ2v) is 2.45. The SMILES string of the molecule is CC(=O)NCCc1nnnn1C. The molecule has 0 radical (unpaired) electrons. The molecule has 0 spiro atoms. The molecular formula is C6H11N5O. The van der Waals surface area contributed by atoms with Gasteiger partial charge in [-0.25, -0.2) is 4.68 Å². The van der Waals surface area contributed by atoms with Gasteiger partial charge < -0.3 is 5.32 Å². The highest BCUT2D eigenvalue weighted by Gasteiger charge is 2.00. The monoisotopic (exact) mass is 169 g/mol. The van der Waals surface area contributed by atoms with Gasteiger partial charge in [-0.2, -0.15) is 0 Å². The van der Waals surface area contributed by atoms with Gasteiger partial charge in [0, 0.05) is 26.9 Å². The highest BCUT2D eigenvalue weighted by atomic mass is 16.1. The van der Waals surface area contributed by atoms with Crippen molar-refractivity contribution >= 4 is 5.91 Å². The minimum atomic E-state index is -0.0369. The highest BCUT2D eigenvalue weighted by molar-refractivity contribution is 5.72. The fourth-order valence-electron chi connectivity index (χ4n) is 0.810. The van der Waals surface area contributed by atoms with Crippen molar-refractivity contribution in [2.75, 3.05) is 6.54 Å². The van der Waals surface area contributed by atoms with Gasteiger partial charge >= 0.3 is 0 Å². The van der Waals surface area contributed by atoms with Gasteiger partial charge in [-0.1, -0.05) is 0 Å².